The van der Waals surface area contributed by atoms with E-state index in [1.165, 1.54) is 12.1 Å². The molecule has 8 nitrogen and oxygen atoms in total. The van der Waals surface area contributed by atoms with Crippen LogP contribution in [0.5, 0.6) is 5.75 Å². The quantitative estimate of drug-likeness (QED) is 0.260. The summed E-state index contributed by atoms with van der Waals surface area (Å²) in [7, 11) is 0. The number of guanidine groups is 1. The maximum Gasteiger partial charge on any atom is 0.251 e. The summed E-state index contributed by atoms with van der Waals surface area (Å²) in [5.74, 6) is 1.35. The predicted octanol–water partition coefficient (Wildman–Crippen LogP) is 1.42. The first-order valence-corrected chi connectivity index (χ1v) is 10.9. The lowest BCUT2D eigenvalue weighted by Gasteiger charge is -2.34. The molecule has 0 radical (unpaired) electrons. The maximum atomic E-state index is 12.1. The van der Waals surface area contributed by atoms with Crippen molar-refractivity contribution in [3.63, 3.8) is 0 Å². The number of hydrogen-bond donors (Lipinski definition) is 4. The van der Waals surface area contributed by atoms with Crippen LogP contribution in [0, 0.1) is 5.92 Å². The first-order chi connectivity index (χ1) is 14.5. The monoisotopic (exact) mass is 419 g/mol. The van der Waals surface area contributed by atoms with E-state index >= 15 is 0 Å². The van der Waals surface area contributed by atoms with E-state index in [9.17, 15) is 9.90 Å². The van der Waals surface area contributed by atoms with Gasteiger partial charge in [-0.1, -0.05) is 13.8 Å². The number of aromatic hydroxyl groups is 1. The van der Waals surface area contributed by atoms with Crippen LogP contribution in [-0.4, -0.2) is 80.4 Å². The molecule has 4 N–H and O–H groups in total. The Labute approximate surface area is 180 Å². The molecule has 2 rings (SSSR count). The fourth-order valence-electron chi connectivity index (χ4n) is 3.44. The van der Waals surface area contributed by atoms with Crippen molar-refractivity contribution in [2.75, 3.05) is 52.5 Å². The molecule has 0 aromatic heterocycles. The molecule has 30 heavy (non-hydrogen) atoms. The van der Waals surface area contributed by atoms with Gasteiger partial charge in [-0.15, -0.1) is 0 Å². The van der Waals surface area contributed by atoms with Crippen LogP contribution in [0.25, 0.3) is 0 Å². The molecule has 1 aromatic carbocycles. The van der Waals surface area contributed by atoms with Crippen LogP contribution in [0.1, 0.15) is 37.6 Å². The van der Waals surface area contributed by atoms with E-state index in [0.717, 1.165) is 51.8 Å². The molecule has 0 saturated carbocycles. The molecule has 1 heterocycles. The molecule has 0 bridgehead atoms. The number of phenols is 1. The molecule has 0 aliphatic carbocycles. The summed E-state index contributed by atoms with van der Waals surface area (Å²) < 4.78 is 5.49. The van der Waals surface area contributed by atoms with Crippen molar-refractivity contribution < 1.29 is 14.6 Å². The molecule has 1 amide bonds. The van der Waals surface area contributed by atoms with Gasteiger partial charge in [0.1, 0.15) is 5.75 Å². The zero-order chi connectivity index (χ0) is 21.8. The van der Waals surface area contributed by atoms with Crippen LogP contribution in [0.2, 0.25) is 0 Å². The van der Waals surface area contributed by atoms with Gasteiger partial charge < -0.3 is 25.8 Å². The van der Waals surface area contributed by atoms with Gasteiger partial charge in [-0.25, -0.2) is 0 Å². The van der Waals surface area contributed by atoms with Crippen molar-refractivity contribution in [3.05, 3.63) is 29.8 Å². The molecule has 1 aliphatic rings. The Balaban J connectivity index is 1.82. The van der Waals surface area contributed by atoms with Crippen LogP contribution in [0.4, 0.5) is 0 Å². The zero-order valence-electron chi connectivity index (χ0n) is 18.5. The normalized spacial score (nSPS) is 16.3. The number of aliphatic imine (C=N–C) groups is 1. The van der Waals surface area contributed by atoms with Crippen LogP contribution < -0.4 is 16.0 Å². The predicted molar refractivity (Wildman–Crippen MR) is 120 cm³/mol. The highest BCUT2D eigenvalue weighted by atomic mass is 16.5. The SMILES string of the molecule is CCNC(=NCC(CC(C)C)N1CCOCC1)NCCNC(=O)c1ccc(O)cc1. The smallest absolute Gasteiger partial charge is 0.251 e. The topological polar surface area (TPSA) is 98.2 Å². The van der Waals surface area contributed by atoms with Gasteiger partial charge in [0.2, 0.25) is 0 Å². The Bertz CT molecular complexity index is 657. The zero-order valence-corrected chi connectivity index (χ0v) is 18.5. The van der Waals surface area contributed by atoms with Gasteiger partial charge in [-0.3, -0.25) is 14.7 Å². The molecule has 1 saturated heterocycles. The molecule has 1 atom stereocenters. The highest BCUT2D eigenvalue weighted by Gasteiger charge is 2.21. The number of ether oxygens (including phenoxy) is 1. The number of nitrogens with zero attached hydrogens (tertiary/aromatic N) is 2. The Morgan fingerprint density at radius 3 is 2.43 bits per heavy atom. The highest BCUT2D eigenvalue weighted by molar-refractivity contribution is 5.94. The van der Waals surface area contributed by atoms with Crippen molar-refractivity contribution in [2.24, 2.45) is 10.9 Å². The third-order valence-corrected chi connectivity index (χ3v) is 4.94. The van der Waals surface area contributed by atoms with Gasteiger partial charge in [0, 0.05) is 44.3 Å². The fraction of sp³-hybridized carbons (Fsp3) is 0.636. The molecule has 8 heteroatoms. The number of carbonyl (C=O) groups is 1. The number of phenolic OH excluding ortho intramolecular Hbond substituents is 1. The van der Waals surface area contributed by atoms with Crippen molar-refractivity contribution in [1.29, 1.82) is 0 Å². The summed E-state index contributed by atoms with van der Waals surface area (Å²) in [4.78, 5) is 19.4. The first kappa shape index (κ1) is 24.0. The van der Waals surface area contributed by atoms with Crippen LogP contribution in [0.3, 0.4) is 0 Å². The standard InChI is InChI=1S/C22H37N5O3/c1-4-23-22(25-10-9-24-21(29)18-5-7-20(28)8-6-18)26-16-19(15-17(2)3)27-11-13-30-14-12-27/h5-8,17,19,28H,4,9-16H2,1-3H3,(H,24,29)(H2,23,25,26). The number of rotatable bonds is 10. The van der Waals surface area contributed by atoms with E-state index in [0.29, 0.717) is 30.6 Å². The maximum absolute atomic E-state index is 12.1. The number of carbonyl (C=O) groups excluding carboxylic acids is 1. The second kappa shape index (κ2) is 13.1. The Morgan fingerprint density at radius 1 is 1.13 bits per heavy atom. The number of morpholine rings is 1. The number of benzene rings is 1. The molecule has 1 fully saturated rings. The Morgan fingerprint density at radius 2 is 1.80 bits per heavy atom. The molecule has 0 spiro atoms. The van der Waals surface area contributed by atoms with Crippen LogP contribution >= 0.6 is 0 Å². The third-order valence-electron chi connectivity index (χ3n) is 4.94. The lowest BCUT2D eigenvalue weighted by Crippen LogP contribution is -2.47. The van der Waals surface area contributed by atoms with Gasteiger partial charge in [-0.05, 0) is 43.5 Å². The van der Waals surface area contributed by atoms with Crippen LogP contribution in [-0.2, 0) is 4.74 Å². The first-order valence-electron chi connectivity index (χ1n) is 10.9. The Hall–Kier alpha value is -2.32. The summed E-state index contributed by atoms with van der Waals surface area (Å²) >= 11 is 0. The average Bonchev–Trinajstić information content (AvgIpc) is 2.74. The van der Waals surface area contributed by atoms with E-state index in [1.807, 2.05) is 6.92 Å². The highest BCUT2D eigenvalue weighted by Crippen LogP contribution is 2.14. The molecule has 1 aliphatic heterocycles. The minimum absolute atomic E-state index is 0.146. The molecule has 1 unspecified atom stereocenters. The average molecular weight is 420 g/mol. The van der Waals surface area contributed by atoms with Crippen molar-refractivity contribution in [2.45, 2.75) is 33.2 Å². The van der Waals surface area contributed by atoms with E-state index < -0.39 is 0 Å². The van der Waals surface area contributed by atoms with Crippen molar-refractivity contribution in [1.82, 2.24) is 20.9 Å². The van der Waals surface area contributed by atoms with E-state index in [4.69, 9.17) is 9.73 Å². The molecular weight excluding hydrogens is 382 g/mol. The lowest BCUT2D eigenvalue weighted by atomic mass is 10.0. The number of amides is 1. The minimum atomic E-state index is -0.164. The Kier molecular flexibility index (Phi) is 10.4. The molecule has 1 aromatic rings. The van der Waals surface area contributed by atoms with E-state index in [-0.39, 0.29) is 11.7 Å². The van der Waals surface area contributed by atoms with Gasteiger partial charge in [0.25, 0.3) is 5.91 Å². The fourth-order valence-corrected chi connectivity index (χ4v) is 3.44. The summed E-state index contributed by atoms with van der Waals surface area (Å²) in [5.41, 5.74) is 0.524. The van der Waals surface area contributed by atoms with Crippen LogP contribution in [0.15, 0.2) is 29.3 Å². The molecule has 168 valence electrons. The summed E-state index contributed by atoms with van der Waals surface area (Å²) in [5, 5.41) is 18.7. The largest absolute Gasteiger partial charge is 0.508 e. The van der Waals surface area contributed by atoms with Gasteiger partial charge >= 0.3 is 0 Å². The second-order valence-corrected chi connectivity index (χ2v) is 7.88. The summed E-state index contributed by atoms with van der Waals surface area (Å²) in [6.45, 7) is 12.6. The van der Waals surface area contributed by atoms with Crippen molar-refractivity contribution >= 4 is 11.9 Å². The summed E-state index contributed by atoms with van der Waals surface area (Å²) in [6, 6.07) is 6.61. The number of nitrogens with one attached hydrogen (secondary N) is 3. The van der Waals surface area contributed by atoms with E-state index in [1.54, 1.807) is 12.1 Å². The lowest BCUT2D eigenvalue weighted by molar-refractivity contribution is 0.0143. The second-order valence-electron chi connectivity index (χ2n) is 7.88. The van der Waals surface area contributed by atoms with Crippen molar-refractivity contribution in [3.8, 4) is 5.75 Å². The van der Waals surface area contributed by atoms with Gasteiger partial charge in [0.05, 0.1) is 19.8 Å². The third kappa shape index (κ3) is 8.59. The number of hydrogen-bond acceptors (Lipinski definition) is 5. The van der Waals surface area contributed by atoms with Gasteiger partial charge in [0.15, 0.2) is 5.96 Å². The van der Waals surface area contributed by atoms with Gasteiger partial charge in [-0.2, -0.15) is 0 Å². The molecular formula is C22H37N5O3. The summed E-state index contributed by atoms with van der Waals surface area (Å²) in [6.07, 6.45) is 1.10. The van der Waals surface area contributed by atoms with E-state index in [2.05, 4.69) is 34.7 Å². The minimum Gasteiger partial charge on any atom is -0.508 e.